The van der Waals surface area contributed by atoms with Gasteiger partial charge in [0.15, 0.2) is 11.5 Å². The number of nitrogens with one attached hydrogen (secondary N) is 1. The number of rotatable bonds is 6. The summed E-state index contributed by atoms with van der Waals surface area (Å²) in [6.45, 7) is 0.964. The van der Waals surface area contributed by atoms with Gasteiger partial charge in [-0.1, -0.05) is 0 Å². The van der Waals surface area contributed by atoms with Gasteiger partial charge in [0.2, 0.25) is 0 Å². The highest BCUT2D eigenvalue weighted by Gasteiger charge is 2.41. The number of methoxy groups -OCH3 is 2. The molecule has 1 saturated carbocycles. The van der Waals surface area contributed by atoms with Gasteiger partial charge in [0.05, 0.1) is 20.8 Å². The third-order valence-electron chi connectivity index (χ3n) is 4.19. The van der Waals surface area contributed by atoms with Crippen molar-refractivity contribution >= 4 is 16.6 Å². The largest absolute Gasteiger partial charge is 0.493 e. The van der Waals surface area contributed by atoms with Crippen molar-refractivity contribution in [3.63, 3.8) is 0 Å². The van der Waals surface area contributed by atoms with E-state index in [1.165, 1.54) is 0 Å². The van der Waals surface area contributed by atoms with E-state index < -0.39 is 0 Å². The zero-order valence-electron chi connectivity index (χ0n) is 12.3. The van der Waals surface area contributed by atoms with Crippen molar-refractivity contribution in [3.8, 4) is 11.5 Å². The lowest BCUT2D eigenvalue weighted by Gasteiger charge is -2.16. The van der Waals surface area contributed by atoms with Crippen LogP contribution in [0.15, 0.2) is 24.4 Å². The Bertz CT molecular complexity index is 653. The number of hydrogen-bond acceptors (Lipinski definition) is 5. The van der Waals surface area contributed by atoms with Crippen molar-refractivity contribution in [2.45, 2.75) is 12.8 Å². The lowest BCUT2D eigenvalue weighted by molar-refractivity contribution is 0.219. The van der Waals surface area contributed by atoms with Crippen molar-refractivity contribution in [1.82, 2.24) is 4.98 Å². The Hall–Kier alpha value is -2.01. The Labute approximate surface area is 123 Å². The van der Waals surface area contributed by atoms with Crippen LogP contribution in [0.3, 0.4) is 0 Å². The van der Waals surface area contributed by atoms with E-state index >= 15 is 0 Å². The first kappa shape index (κ1) is 13.9. The van der Waals surface area contributed by atoms with Crippen LogP contribution in [0.1, 0.15) is 12.8 Å². The number of aliphatic hydroxyl groups is 1. The fourth-order valence-corrected chi connectivity index (χ4v) is 2.48. The van der Waals surface area contributed by atoms with Crippen molar-refractivity contribution in [3.05, 3.63) is 24.4 Å². The van der Waals surface area contributed by atoms with Gasteiger partial charge in [0.1, 0.15) is 5.82 Å². The molecule has 1 aliphatic carbocycles. The minimum Gasteiger partial charge on any atom is -0.493 e. The Kier molecular flexibility index (Phi) is 3.59. The first-order valence-electron chi connectivity index (χ1n) is 7.07. The normalized spacial score (nSPS) is 15.8. The molecule has 0 radical (unpaired) electrons. The number of aromatic nitrogens is 1. The van der Waals surface area contributed by atoms with Crippen LogP contribution in [0.25, 0.3) is 10.8 Å². The molecule has 0 atom stereocenters. The summed E-state index contributed by atoms with van der Waals surface area (Å²) in [7, 11) is 3.25. The standard InChI is InChI=1S/C16H20N2O3/c1-20-13-7-11-3-6-17-15(12(11)8-14(13)21-2)18-9-16(10-19)4-5-16/h3,6-8,19H,4-5,9-10H2,1-2H3,(H,17,18). The summed E-state index contributed by atoms with van der Waals surface area (Å²) in [5.74, 6) is 2.20. The molecular weight excluding hydrogens is 268 g/mol. The molecule has 1 aromatic heterocycles. The molecule has 5 nitrogen and oxygen atoms in total. The Balaban J connectivity index is 1.94. The molecular formula is C16H20N2O3. The molecule has 112 valence electrons. The summed E-state index contributed by atoms with van der Waals surface area (Å²) in [6, 6.07) is 5.82. The quantitative estimate of drug-likeness (QED) is 0.854. The van der Waals surface area contributed by atoms with E-state index in [9.17, 15) is 5.11 Å². The van der Waals surface area contributed by atoms with E-state index in [-0.39, 0.29) is 12.0 Å². The van der Waals surface area contributed by atoms with Gasteiger partial charge < -0.3 is 19.9 Å². The lowest BCUT2D eigenvalue weighted by Crippen LogP contribution is -2.19. The highest BCUT2D eigenvalue weighted by Crippen LogP contribution is 2.45. The van der Waals surface area contributed by atoms with Crippen LogP contribution in [-0.4, -0.2) is 37.5 Å². The van der Waals surface area contributed by atoms with Crippen molar-refractivity contribution in [1.29, 1.82) is 0 Å². The molecule has 3 rings (SSSR count). The second-order valence-electron chi connectivity index (χ2n) is 5.60. The van der Waals surface area contributed by atoms with Gasteiger partial charge >= 0.3 is 0 Å². The molecule has 1 aliphatic rings. The molecule has 1 heterocycles. The molecule has 21 heavy (non-hydrogen) atoms. The highest BCUT2D eigenvalue weighted by atomic mass is 16.5. The number of aliphatic hydroxyl groups excluding tert-OH is 1. The second kappa shape index (κ2) is 5.41. The van der Waals surface area contributed by atoms with Gasteiger partial charge in [-0.3, -0.25) is 0 Å². The second-order valence-corrected chi connectivity index (χ2v) is 5.60. The number of hydrogen-bond donors (Lipinski definition) is 2. The van der Waals surface area contributed by atoms with Crippen LogP contribution < -0.4 is 14.8 Å². The van der Waals surface area contributed by atoms with Crippen LogP contribution >= 0.6 is 0 Å². The molecule has 1 aromatic carbocycles. The van der Waals surface area contributed by atoms with E-state index in [1.807, 2.05) is 18.2 Å². The zero-order chi connectivity index (χ0) is 14.9. The molecule has 5 heteroatoms. The highest BCUT2D eigenvalue weighted by molar-refractivity contribution is 5.94. The fraction of sp³-hybridized carbons (Fsp3) is 0.438. The van der Waals surface area contributed by atoms with E-state index in [2.05, 4.69) is 10.3 Å². The third-order valence-corrected chi connectivity index (χ3v) is 4.19. The van der Waals surface area contributed by atoms with Gasteiger partial charge in [0.25, 0.3) is 0 Å². The number of pyridine rings is 1. The van der Waals surface area contributed by atoms with E-state index in [0.717, 1.165) is 36.0 Å². The summed E-state index contributed by atoms with van der Waals surface area (Å²) >= 11 is 0. The molecule has 2 aromatic rings. The predicted octanol–water partition coefficient (Wildman–Crippen LogP) is 2.44. The van der Waals surface area contributed by atoms with Gasteiger partial charge in [0, 0.05) is 23.5 Å². The summed E-state index contributed by atoms with van der Waals surface area (Å²) in [5, 5.41) is 14.8. The van der Waals surface area contributed by atoms with Gasteiger partial charge in [-0.05, 0) is 36.4 Å². The Morgan fingerprint density at radius 1 is 1.24 bits per heavy atom. The first-order chi connectivity index (χ1) is 10.2. The molecule has 0 amide bonds. The molecule has 2 N–H and O–H groups in total. The molecule has 0 spiro atoms. The van der Waals surface area contributed by atoms with E-state index in [0.29, 0.717) is 11.5 Å². The Morgan fingerprint density at radius 3 is 2.57 bits per heavy atom. The SMILES string of the molecule is COc1cc2ccnc(NCC3(CO)CC3)c2cc1OC. The maximum Gasteiger partial charge on any atom is 0.161 e. The minimum atomic E-state index is 0.0421. The topological polar surface area (TPSA) is 63.6 Å². The maximum absolute atomic E-state index is 9.40. The predicted molar refractivity (Wildman–Crippen MR) is 82.1 cm³/mol. The minimum absolute atomic E-state index is 0.0421. The monoisotopic (exact) mass is 288 g/mol. The summed E-state index contributed by atoms with van der Waals surface area (Å²) < 4.78 is 10.7. The summed E-state index contributed by atoms with van der Waals surface area (Å²) in [4.78, 5) is 4.41. The average Bonchev–Trinajstić information content (AvgIpc) is 3.32. The number of anilines is 1. The van der Waals surface area contributed by atoms with Crippen molar-refractivity contribution in [2.24, 2.45) is 5.41 Å². The zero-order valence-corrected chi connectivity index (χ0v) is 12.3. The molecule has 0 aliphatic heterocycles. The number of fused-ring (bicyclic) bond motifs is 1. The third kappa shape index (κ3) is 2.61. The smallest absolute Gasteiger partial charge is 0.161 e. The molecule has 1 fully saturated rings. The van der Waals surface area contributed by atoms with Crippen LogP contribution in [0.4, 0.5) is 5.82 Å². The number of benzene rings is 1. The van der Waals surface area contributed by atoms with Crippen molar-refractivity contribution < 1.29 is 14.6 Å². The lowest BCUT2D eigenvalue weighted by atomic mass is 10.1. The van der Waals surface area contributed by atoms with E-state index in [4.69, 9.17) is 9.47 Å². The Morgan fingerprint density at radius 2 is 1.95 bits per heavy atom. The van der Waals surface area contributed by atoms with Crippen LogP contribution in [0.2, 0.25) is 0 Å². The van der Waals surface area contributed by atoms with Crippen LogP contribution in [-0.2, 0) is 0 Å². The van der Waals surface area contributed by atoms with Gasteiger partial charge in [-0.2, -0.15) is 0 Å². The average molecular weight is 288 g/mol. The summed E-state index contributed by atoms with van der Waals surface area (Å²) in [6.07, 6.45) is 3.91. The van der Waals surface area contributed by atoms with Crippen molar-refractivity contribution in [2.75, 3.05) is 32.7 Å². The maximum atomic E-state index is 9.40. The van der Waals surface area contributed by atoms with Crippen LogP contribution in [0.5, 0.6) is 11.5 Å². The summed E-state index contributed by atoms with van der Waals surface area (Å²) in [5.41, 5.74) is 0.0421. The first-order valence-corrected chi connectivity index (χ1v) is 7.07. The number of nitrogens with zero attached hydrogens (tertiary/aromatic N) is 1. The molecule has 0 unspecified atom stereocenters. The molecule has 0 bridgehead atoms. The number of ether oxygens (including phenoxy) is 2. The van der Waals surface area contributed by atoms with E-state index in [1.54, 1.807) is 20.4 Å². The van der Waals surface area contributed by atoms with Gasteiger partial charge in [-0.15, -0.1) is 0 Å². The van der Waals surface area contributed by atoms with Gasteiger partial charge in [-0.25, -0.2) is 4.98 Å². The van der Waals surface area contributed by atoms with Crippen LogP contribution in [0, 0.1) is 5.41 Å². The molecule has 0 saturated heterocycles. The fourth-order valence-electron chi connectivity index (χ4n) is 2.48.